The highest BCUT2D eigenvalue weighted by Gasteiger charge is 2.27. The maximum Gasteiger partial charge on any atom is 0.389 e. The van der Waals surface area contributed by atoms with Crippen molar-refractivity contribution in [3.63, 3.8) is 0 Å². The van der Waals surface area contributed by atoms with Crippen LogP contribution >= 0.6 is 0 Å². The third-order valence-corrected chi connectivity index (χ3v) is 1.82. The van der Waals surface area contributed by atoms with E-state index in [0.29, 0.717) is 0 Å². The molecule has 3 nitrogen and oxygen atoms in total. The fourth-order valence-corrected chi connectivity index (χ4v) is 1.07. The summed E-state index contributed by atoms with van der Waals surface area (Å²) in [5, 5.41) is 2.31. The minimum atomic E-state index is -4.31. The van der Waals surface area contributed by atoms with E-state index in [1.807, 2.05) is 0 Å². The van der Waals surface area contributed by atoms with Crippen LogP contribution in [0, 0.1) is 6.92 Å². The van der Waals surface area contributed by atoms with E-state index in [0.717, 1.165) is 5.56 Å². The number of carbonyl (C=O) groups is 1. The molecule has 0 fully saturated rings. The molecule has 0 aromatic carbocycles. The molecule has 16 heavy (non-hydrogen) atoms. The van der Waals surface area contributed by atoms with E-state index in [-0.39, 0.29) is 5.82 Å². The molecule has 0 spiro atoms. The molecule has 0 atom stereocenters. The van der Waals surface area contributed by atoms with Gasteiger partial charge in [0.05, 0.1) is 6.42 Å². The maximum absolute atomic E-state index is 11.8. The van der Waals surface area contributed by atoms with Gasteiger partial charge in [0, 0.05) is 12.6 Å². The first-order valence-electron chi connectivity index (χ1n) is 4.66. The number of nitrogens with one attached hydrogen (secondary N) is 1. The van der Waals surface area contributed by atoms with Crippen LogP contribution in [0.2, 0.25) is 0 Å². The molecule has 1 aromatic heterocycles. The Kier molecular flexibility index (Phi) is 3.87. The summed E-state index contributed by atoms with van der Waals surface area (Å²) in [5.41, 5.74) is 0.876. The van der Waals surface area contributed by atoms with Crippen LogP contribution in [0.25, 0.3) is 0 Å². The molecule has 0 saturated carbocycles. The van der Waals surface area contributed by atoms with Crippen LogP contribution in [0.15, 0.2) is 18.3 Å². The van der Waals surface area contributed by atoms with Crippen molar-refractivity contribution in [3.05, 3.63) is 23.9 Å². The second-order valence-electron chi connectivity index (χ2n) is 3.38. The molecule has 0 aliphatic carbocycles. The number of amides is 1. The van der Waals surface area contributed by atoms with Crippen molar-refractivity contribution in [2.24, 2.45) is 0 Å². The Labute approximate surface area is 90.7 Å². The third kappa shape index (κ3) is 4.77. The molecule has 1 amide bonds. The SMILES string of the molecule is Cc1ccnc(NC(=O)CCC(F)(F)F)c1. The molecule has 1 N–H and O–H groups in total. The topological polar surface area (TPSA) is 42.0 Å². The van der Waals surface area contributed by atoms with Gasteiger partial charge in [0.15, 0.2) is 0 Å². The fourth-order valence-electron chi connectivity index (χ4n) is 1.07. The van der Waals surface area contributed by atoms with Crippen LogP contribution < -0.4 is 5.32 Å². The van der Waals surface area contributed by atoms with Crippen molar-refractivity contribution in [2.45, 2.75) is 25.9 Å². The quantitative estimate of drug-likeness (QED) is 0.870. The van der Waals surface area contributed by atoms with Crippen LogP contribution in [0.4, 0.5) is 19.0 Å². The van der Waals surface area contributed by atoms with Gasteiger partial charge in [-0.15, -0.1) is 0 Å². The molecular formula is C10H11F3N2O. The van der Waals surface area contributed by atoms with E-state index in [1.54, 1.807) is 19.1 Å². The Balaban J connectivity index is 2.46. The van der Waals surface area contributed by atoms with Crippen LogP contribution in [0.1, 0.15) is 18.4 Å². The number of rotatable bonds is 3. The number of halogens is 3. The van der Waals surface area contributed by atoms with Crippen molar-refractivity contribution < 1.29 is 18.0 Å². The van der Waals surface area contributed by atoms with Crippen LogP contribution in [-0.2, 0) is 4.79 Å². The number of nitrogens with zero attached hydrogens (tertiary/aromatic N) is 1. The van der Waals surface area contributed by atoms with Crippen LogP contribution in [0.5, 0.6) is 0 Å². The highest BCUT2D eigenvalue weighted by Crippen LogP contribution is 2.21. The zero-order valence-electron chi connectivity index (χ0n) is 8.64. The number of carbonyl (C=O) groups excluding carboxylic acids is 1. The smallest absolute Gasteiger partial charge is 0.311 e. The summed E-state index contributed by atoms with van der Waals surface area (Å²) in [6, 6.07) is 3.32. The number of hydrogen-bond donors (Lipinski definition) is 1. The van der Waals surface area contributed by atoms with E-state index in [4.69, 9.17) is 0 Å². The average molecular weight is 232 g/mol. The number of pyridine rings is 1. The number of anilines is 1. The summed E-state index contributed by atoms with van der Waals surface area (Å²) in [6.45, 7) is 1.80. The Morgan fingerprint density at radius 3 is 2.75 bits per heavy atom. The zero-order valence-corrected chi connectivity index (χ0v) is 8.64. The lowest BCUT2D eigenvalue weighted by molar-refractivity contribution is -0.142. The molecule has 88 valence electrons. The molecule has 0 aliphatic rings. The Bertz CT molecular complexity index is 377. The van der Waals surface area contributed by atoms with Gasteiger partial charge in [-0.25, -0.2) is 4.98 Å². The zero-order chi connectivity index (χ0) is 12.2. The van der Waals surface area contributed by atoms with Gasteiger partial charge in [-0.3, -0.25) is 4.79 Å². The van der Waals surface area contributed by atoms with Gasteiger partial charge in [0.25, 0.3) is 0 Å². The number of alkyl halides is 3. The molecule has 6 heteroatoms. The van der Waals surface area contributed by atoms with Gasteiger partial charge >= 0.3 is 6.18 Å². The summed E-state index contributed by atoms with van der Waals surface area (Å²) >= 11 is 0. The normalized spacial score (nSPS) is 11.2. The molecule has 0 saturated heterocycles. The lowest BCUT2D eigenvalue weighted by Gasteiger charge is -2.07. The lowest BCUT2D eigenvalue weighted by atomic mass is 10.2. The molecule has 0 unspecified atom stereocenters. The van der Waals surface area contributed by atoms with E-state index < -0.39 is 24.9 Å². The predicted molar refractivity (Wildman–Crippen MR) is 52.9 cm³/mol. The average Bonchev–Trinajstić information content (AvgIpc) is 2.14. The monoisotopic (exact) mass is 232 g/mol. The molecule has 0 radical (unpaired) electrons. The van der Waals surface area contributed by atoms with Gasteiger partial charge in [-0.05, 0) is 24.6 Å². The van der Waals surface area contributed by atoms with E-state index in [9.17, 15) is 18.0 Å². The van der Waals surface area contributed by atoms with Crippen molar-refractivity contribution in [3.8, 4) is 0 Å². The second-order valence-corrected chi connectivity index (χ2v) is 3.38. The highest BCUT2D eigenvalue weighted by atomic mass is 19.4. The largest absolute Gasteiger partial charge is 0.389 e. The maximum atomic E-state index is 11.8. The van der Waals surface area contributed by atoms with Gasteiger partial charge in [0.2, 0.25) is 5.91 Å². The molecular weight excluding hydrogens is 221 g/mol. The predicted octanol–water partition coefficient (Wildman–Crippen LogP) is 2.67. The summed E-state index contributed by atoms with van der Waals surface area (Å²) < 4.78 is 35.5. The van der Waals surface area contributed by atoms with Crippen molar-refractivity contribution in [2.75, 3.05) is 5.32 Å². The Morgan fingerprint density at radius 2 is 2.19 bits per heavy atom. The van der Waals surface area contributed by atoms with Gasteiger partial charge in [0.1, 0.15) is 5.82 Å². The van der Waals surface area contributed by atoms with E-state index >= 15 is 0 Å². The van der Waals surface area contributed by atoms with E-state index in [2.05, 4.69) is 10.3 Å². The molecule has 0 aliphatic heterocycles. The Hall–Kier alpha value is -1.59. The Morgan fingerprint density at radius 1 is 1.50 bits per heavy atom. The summed E-state index contributed by atoms with van der Waals surface area (Å²) in [5.74, 6) is -0.414. The van der Waals surface area contributed by atoms with Gasteiger partial charge in [-0.1, -0.05) is 0 Å². The molecule has 1 aromatic rings. The highest BCUT2D eigenvalue weighted by molar-refractivity contribution is 5.89. The van der Waals surface area contributed by atoms with Crippen molar-refractivity contribution >= 4 is 11.7 Å². The lowest BCUT2D eigenvalue weighted by Crippen LogP contribution is -2.17. The van der Waals surface area contributed by atoms with Crippen LogP contribution in [0.3, 0.4) is 0 Å². The number of hydrogen-bond acceptors (Lipinski definition) is 2. The fraction of sp³-hybridized carbons (Fsp3) is 0.400. The first-order valence-corrected chi connectivity index (χ1v) is 4.66. The molecule has 1 rings (SSSR count). The minimum absolute atomic E-state index is 0.271. The second kappa shape index (κ2) is 4.96. The number of aryl methyl sites for hydroxylation is 1. The van der Waals surface area contributed by atoms with Gasteiger partial charge < -0.3 is 5.32 Å². The van der Waals surface area contributed by atoms with Gasteiger partial charge in [-0.2, -0.15) is 13.2 Å². The molecule has 1 heterocycles. The number of aromatic nitrogens is 1. The molecule has 0 bridgehead atoms. The van der Waals surface area contributed by atoms with Crippen molar-refractivity contribution in [1.29, 1.82) is 0 Å². The third-order valence-electron chi connectivity index (χ3n) is 1.82. The van der Waals surface area contributed by atoms with Crippen LogP contribution in [-0.4, -0.2) is 17.1 Å². The first-order chi connectivity index (χ1) is 7.37. The summed E-state index contributed by atoms with van der Waals surface area (Å²) in [4.78, 5) is 14.9. The first kappa shape index (κ1) is 12.5. The standard InChI is InChI=1S/C10H11F3N2O/c1-7-3-5-14-8(6-7)15-9(16)2-4-10(11,12)13/h3,5-6H,2,4H2,1H3,(H,14,15,16). The van der Waals surface area contributed by atoms with E-state index in [1.165, 1.54) is 6.20 Å². The van der Waals surface area contributed by atoms with Crippen molar-refractivity contribution in [1.82, 2.24) is 4.98 Å². The minimum Gasteiger partial charge on any atom is -0.311 e. The summed E-state index contributed by atoms with van der Waals surface area (Å²) in [6.07, 6.45) is -4.53. The summed E-state index contributed by atoms with van der Waals surface area (Å²) in [7, 11) is 0.